The monoisotopic (exact) mass is 448 g/mol. The molecule has 0 aliphatic carbocycles. The van der Waals surface area contributed by atoms with Crippen molar-refractivity contribution in [3.05, 3.63) is 71.6 Å². The van der Waals surface area contributed by atoms with Crippen LogP contribution in [0.4, 0.5) is 4.79 Å². The number of hydrogen-bond donors (Lipinski definition) is 0. The van der Waals surface area contributed by atoms with Crippen LogP contribution in [0.5, 0.6) is 0 Å². The van der Waals surface area contributed by atoms with Crippen LogP contribution in [-0.2, 0) is 16.1 Å². The number of pyridine rings is 1. The Morgan fingerprint density at radius 2 is 1.88 bits per heavy atom. The maximum absolute atomic E-state index is 13.6. The van der Waals surface area contributed by atoms with Crippen molar-refractivity contribution in [2.75, 3.05) is 39.9 Å². The summed E-state index contributed by atoms with van der Waals surface area (Å²) < 4.78 is 5.25. The van der Waals surface area contributed by atoms with E-state index in [9.17, 15) is 9.59 Å². The molecule has 174 valence electrons. The standard InChI is InChI=1S/C26H32N4O3/c1-21(17-22-7-4-3-5-8-22)19-28-13-10-26(11-14-28)24(31)29(20-23-9-6-12-27-18-23)25(32)30(26)15-16-33-2/h3-9,12,17-18H,10-11,13-16,19-20H2,1-2H3. The van der Waals surface area contributed by atoms with E-state index in [-0.39, 0.29) is 18.5 Å². The number of methoxy groups -OCH3 is 1. The predicted molar refractivity (Wildman–Crippen MR) is 127 cm³/mol. The van der Waals surface area contributed by atoms with Crippen molar-refractivity contribution in [2.45, 2.75) is 31.8 Å². The van der Waals surface area contributed by atoms with Crippen LogP contribution in [0.2, 0.25) is 0 Å². The second-order valence-corrected chi connectivity index (χ2v) is 8.89. The van der Waals surface area contributed by atoms with Gasteiger partial charge < -0.3 is 9.64 Å². The number of piperidine rings is 1. The molecule has 7 heteroatoms. The van der Waals surface area contributed by atoms with Crippen LogP contribution in [0, 0.1) is 0 Å². The van der Waals surface area contributed by atoms with Crippen LogP contribution in [0.25, 0.3) is 6.08 Å². The van der Waals surface area contributed by atoms with Gasteiger partial charge in [-0.2, -0.15) is 0 Å². The molecule has 2 aliphatic rings. The molecule has 0 N–H and O–H groups in total. The Kier molecular flexibility index (Phi) is 7.20. The van der Waals surface area contributed by atoms with Gasteiger partial charge in [-0.15, -0.1) is 0 Å². The number of rotatable bonds is 8. The summed E-state index contributed by atoms with van der Waals surface area (Å²) in [6, 6.07) is 13.8. The first kappa shape index (κ1) is 23.1. The molecule has 2 aliphatic heterocycles. The maximum atomic E-state index is 13.6. The molecule has 7 nitrogen and oxygen atoms in total. The summed E-state index contributed by atoms with van der Waals surface area (Å²) >= 11 is 0. The third kappa shape index (κ3) is 4.99. The minimum absolute atomic E-state index is 0.0938. The number of benzene rings is 1. The van der Waals surface area contributed by atoms with Gasteiger partial charge in [0.15, 0.2) is 0 Å². The van der Waals surface area contributed by atoms with Gasteiger partial charge in [-0.1, -0.05) is 48.0 Å². The highest BCUT2D eigenvalue weighted by atomic mass is 16.5. The Morgan fingerprint density at radius 1 is 1.12 bits per heavy atom. The molecule has 0 unspecified atom stereocenters. The van der Waals surface area contributed by atoms with Crippen molar-refractivity contribution in [1.82, 2.24) is 19.7 Å². The van der Waals surface area contributed by atoms with E-state index in [4.69, 9.17) is 4.74 Å². The number of nitrogens with zero attached hydrogens (tertiary/aromatic N) is 4. The Hall–Kier alpha value is -3.03. The quantitative estimate of drug-likeness (QED) is 0.579. The first-order chi connectivity index (χ1) is 16.0. The smallest absolute Gasteiger partial charge is 0.328 e. The molecule has 2 saturated heterocycles. The number of urea groups is 1. The molecule has 1 spiro atoms. The van der Waals surface area contributed by atoms with E-state index in [1.165, 1.54) is 16.0 Å². The lowest BCUT2D eigenvalue weighted by Gasteiger charge is -2.42. The van der Waals surface area contributed by atoms with E-state index < -0.39 is 5.54 Å². The molecule has 1 aromatic heterocycles. The highest BCUT2D eigenvalue weighted by Gasteiger charge is 2.57. The largest absolute Gasteiger partial charge is 0.383 e. The van der Waals surface area contributed by atoms with Crippen molar-refractivity contribution < 1.29 is 14.3 Å². The number of hydrogen-bond acceptors (Lipinski definition) is 5. The topological polar surface area (TPSA) is 66.0 Å². The summed E-state index contributed by atoms with van der Waals surface area (Å²) in [7, 11) is 1.62. The summed E-state index contributed by atoms with van der Waals surface area (Å²) in [5, 5.41) is 0. The van der Waals surface area contributed by atoms with Crippen LogP contribution in [0.3, 0.4) is 0 Å². The number of carbonyl (C=O) groups excluding carboxylic acids is 2. The molecule has 0 saturated carbocycles. The lowest BCUT2D eigenvalue weighted by Crippen LogP contribution is -2.57. The fourth-order valence-corrected chi connectivity index (χ4v) is 4.89. The van der Waals surface area contributed by atoms with Crippen molar-refractivity contribution in [1.29, 1.82) is 0 Å². The number of amides is 3. The van der Waals surface area contributed by atoms with Crippen molar-refractivity contribution >= 4 is 18.0 Å². The summed E-state index contributed by atoms with van der Waals surface area (Å²) in [4.78, 5) is 36.5. The second kappa shape index (κ2) is 10.3. The van der Waals surface area contributed by atoms with Crippen LogP contribution in [-0.4, -0.2) is 77.1 Å². The fraction of sp³-hybridized carbons (Fsp3) is 0.423. The van der Waals surface area contributed by atoms with E-state index in [0.29, 0.717) is 26.0 Å². The molecule has 3 heterocycles. The Balaban J connectivity index is 1.46. The number of carbonyl (C=O) groups is 2. The number of aromatic nitrogens is 1. The van der Waals surface area contributed by atoms with Crippen molar-refractivity contribution in [2.24, 2.45) is 0 Å². The van der Waals surface area contributed by atoms with Gasteiger partial charge >= 0.3 is 6.03 Å². The lowest BCUT2D eigenvalue weighted by atomic mass is 9.85. The van der Waals surface area contributed by atoms with Crippen LogP contribution < -0.4 is 0 Å². The van der Waals surface area contributed by atoms with Gasteiger partial charge in [-0.05, 0) is 37.0 Å². The summed E-state index contributed by atoms with van der Waals surface area (Å²) in [6.07, 6.45) is 6.85. The highest BCUT2D eigenvalue weighted by Crippen LogP contribution is 2.38. The molecule has 1 aromatic carbocycles. The molecule has 2 fully saturated rings. The van der Waals surface area contributed by atoms with E-state index in [0.717, 1.165) is 25.2 Å². The summed E-state index contributed by atoms with van der Waals surface area (Å²) in [5.41, 5.74) is 2.53. The third-order valence-corrected chi connectivity index (χ3v) is 6.57. The molecule has 3 amide bonds. The molecule has 0 bridgehead atoms. The van der Waals surface area contributed by atoms with Gasteiger partial charge in [-0.3, -0.25) is 19.6 Å². The van der Waals surface area contributed by atoms with Crippen LogP contribution in [0.1, 0.15) is 30.9 Å². The minimum Gasteiger partial charge on any atom is -0.383 e. The van der Waals surface area contributed by atoms with Crippen molar-refractivity contribution in [3.63, 3.8) is 0 Å². The zero-order valence-corrected chi connectivity index (χ0v) is 19.4. The van der Waals surface area contributed by atoms with Gasteiger partial charge in [-0.25, -0.2) is 4.79 Å². The average molecular weight is 449 g/mol. The number of likely N-dealkylation sites (tertiary alicyclic amines) is 1. The maximum Gasteiger partial charge on any atom is 0.328 e. The SMILES string of the molecule is COCCN1C(=O)N(Cc2cccnc2)C(=O)C12CCN(CC(C)=Cc1ccccc1)CC2. The first-order valence-corrected chi connectivity index (χ1v) is 11.5. The number of imide groups is 1. The predicted octanol–water partition coefficient (Wildman–Crippen LogP) is 3.43. The fourth-order valence-electron chi connectivity index (χ4n) is 4.89. The van der Waals surface area contributed by atoms with E-state index in [2.05, 4.69) is 35.0 Å². The molecule has 4 rings (SSSR count). The molecular weight excluding hydrogens is 416 g/mol. The summed E-state index contributed by atoms with van der Waals surface area (Å²) in [5.74, 6) is -0.0938. The van der Waals surface area contributed by atoms with E-state index >= 15 is 0 Å². The Bertz CT molecular complexity index is 985. The van der Waals surface area contributed by atoms with Gasteiger partial charge in [0, 0.05) is 45.7 Å². The lowest BCUT2D eigenvalue weighted by molar-refractivity contribution is -0.136. The highest BCUT2D eigenvalue weighted by molar-refractivity contribution is 6.07. The van der Waals surface area contributed by atoms with Crippen molar-refractivity contribution in [3.8, 4) is 0 Å². The van der Waals surface area contributed by atoms with E-state index in [1.807, 2.05) is 30.3 Å². The minimum atomic E-state index is -0.786. The first-order valence-electron chi connectivity index (χ1n) is 11.5. The normalized spacial score (nSPS) is 19.0. The average Bonchev–Trinajstić information content (AvgIpc) is 3.01. The molecular formula is C26H32N4O3. The second-order valence-electron chi connectivity index (χ2n) is 8.89. The van der Waals surface area contributed by atoms with Crippen LogP contribution >= 0.6 is 0 Å². The molecule has 2 aromatic rings. The van der Waals surface area contributed by atoms with Gasteiger partial charge in [0.2, 0.25) is 0 Å². The Morgan fingerprint density at radius 3 is 2.55 bits per heavy atom. The number of ether oxygens (including phenoxy) is 1. The third-order valence-electron chi connectivity index (χ3n) is 6.57. The molecule has 33 heavy (non-hydrogen) atoms. The zero-order valence-electron chi connectivity index (χ0n) is 19.4. The van der Waals surface area contributed by atoms with Gasteiger partial charge in [0.05, 0.1) is 13.2 Å². The zero-order chi connectivity index (χ0) is 23.3. The van der Waals surface area contributed by atoms with Crippen LogP contribution in [0.15, 0.2) is 60.4 Å². The van der Waals surface area contributed by atoms with Gasteiger partial charge in [0.25, 0.3) is 5.91 Å². The Labute approximate surface area is 195 Å². The summed E-state index contributed by atoms with van der Waals surface area (Å²) in [6.45, 7) is 5.60. The molecule has 0 radical (unpaired) electrons. The van der Waals surface area contributed by atoms with Gasteiger partial charge in [0.1, 0.15) is 5.54 Å². The molecule has 0 atom stereocenters. The van der Waals surface area contributed by atoms with E-state index in [1.54, 1.807) is 24.4 Å².